The molecule has 2 rings (SSSR count). The maximum Gasteiger partial charge on any atom is 0.303 e. The van der Waals surface area contributed by atoms with Crippen LogP contribution in [0.3, 0.4) is 0 Å². The van der Waals surface area contributed by atoms with Crippen LogP contribution in [0.4, 0.5) is 0 Å². The number of amides is 1. The molecule has 0 fully saturated rings. The van der Waals surface area contributed by atoms with E-state index in [0.717, 1.165) is 29.1 Å². The molecule has 1 amide bonds. The van der Waals surface area contributed by atoms with Crippen LogP contribution in [0.5, 0.6) is 0 Å². The van der Waals surface area contributed by atoms with Crippen molar-refractivity contribution < 1.29 is 29.4 Å². The predicted octanol–water partition coefficient (Wildman–Crippen LogP) is 7.60. The minimum atomic E-state index is -0.845. The van der Waals surface area contributed by atoms with Crippen LogP contribution in [0, 0.1) is 0 Å². The zero-order chi connectivity index (χ0) is 29.9. The number of hydrogen-bond acceptors (Lipinski definition) is 7. The van der Waals surface area contributed by atoms with Crippen LogP contribution in [0.1, 0.15) is 104 Å². The largest absolute Gasteiger partial charge is 0.481 e. The zero-order valence-corrected chi connectivity index (χ0v) is 26.4. The van der Waals surface area contributed by atoms with Crippen LogP contribution >= 0.6 is 35.7 Å². The van der Waals surface area contributed by atoms with Crippen LogP contribution in [0.2, 0.25) is 0 Å². The summed E-state index contributed by atoms with van der Waals surface area (Å²) in [5.41, 5.74) is 1.32. The number of Topliss-reactive ketones (excluding diaryl/α,β-unsaturated/α-hetero) is 1. The summed E-state index contributed by atoms with van der Waals surface area (Å²) in [6.45, 7) is 8.45. The van der Waals surface area contributed by atoms with Crippen molar-refractivity contribution in [1.82, 2.24) is 4.90 Å². The Morgan fingerprint density at radius 2 is 1.32 bits per heavy atom. The highest BCUT2D eigenvalue weighted by atomic mass is 32.2. The van der Waals surface area contributed by atoms with E-state index < -0.39 is 17.8 Å². The van der Waals surface area contributed by atoms with Gasteiger partial charge in [0, 0.05) is 35.6 Å². The van der Waals surface area contributed by atoms with Gasteiger partial charge in [-0.05, 0) is 55.7 Å². The number of carboxylic acids is 2. The first-order valence-corrected chi connectivity index (χ1v) is 15.9. The van der Waals surface area contributed by atoms with Gasteiger partial charge in [0.2, 0.25) is 0 Å². The van der Waals surface area contributed by atoms with Crippen LogP contribution < -0.4 is 0 Å². The molecule has 7 nitrogen and oxygen atoms in total. The van der Waals surface area contributed by atoms with Crippen LogP contribution in [0.25, 0.3) is 0 Å². The third kappa shape index (κ3) is 11.0. The second-order valence-corrected chi connectivity index (χ2v) is 14.0. The zero-order valence-electron chi connectivity index (χ0n) is 23.9. The van der Waals surface area contributed by atoms with Crippen molar-refractivity contribution >= 4 is 64.4 Å². The quantitative estimate of drug-likeness (QED) is 0.0645. The topological polar surface area (TPSA) is 112 Å². The molecular formula is C30H41NO6S3. The molecule has 0 unspecified atom stereocenters. The highest BCUT2D eigenvalue weighted by Crippen LogP contribution is 2.53. The number of unbranched alkanes of at least 4 members (excludes halogenated alkanes) is 6. The molecule has 40 heavy (non-hydrogen) atoms. The lowest BCUT2D eigenvalue weighted by Crippen LogP contribution is -2.38. The fourth-order valence-electron chi connectivity index (χ4n) is 4.26. The van der Waals surface area contributed by atoms with Crippen molar-refractivity contribution in [2.24, 2.45) is 0 Å². The number of thiocarbonyl (C=S) groups is 1. The van der Waals surface area contributed by atoms with Gasteiger partial charge in [-0.15, -0.1) is 0 Å². The van der Waals surface area contributed by atoms with Gasteiger partial charge in [-0.2, -0.15) is 0 Å². The molecule has 2 N–H and O–H groups in total. The SMILES string of the molecule is CC(=S)N(CCCCCC(=O)O)C(=O)/C(C(=O)CCCCCCCC(=O)O)=C1\Sc2ccc(C(C)(C)C)cc2S1. The molecule has 0 saturated carbocycles. The van der Waals surface area contributed by atoms with Crippen molar-refractivity contribution in [3.05, 3.63) is 33.6 Å². The number of ketones is 1. The summed E-state index contributed by atoms with van der Waals surface area (Å²) >= 11 is 8.31. The summed E-state index contributed by atoms with van der Waals surface area (Å²) in [6, 6.07) is 6.27. The lowest BCUT2D eigenvalue weighted by Gasteiger charge is -2.23. The van der Waals surface area contributed by atoms with Crippen LogP contribution in [0.15, 0.2) is 37.8 Å². The Morgan fingerprint density at radius 3 is 1.88 bits per heavy atom. The van der Waals surface area contributed by atoms with Gasteiger partial charge < -0.3 is 15.1 Å². The number of thioether (sulfide) groups is 2. The monoisotopic (exact) mass is 607 g/mol. The maximum atomic E-state index is 13.9. The van der Waals surface area contributed by atoms with Crippen LogP contribution in [-0.4, -0.2) is 50.3 Å². The van der Waals surface area contributed by atoms with E-state index in [4.69, 9.17) is 22.4 Å². The standard InChI is InChI=1S/C30H41NO6S3/c1-20(38)31(18-12-8-11-15-26(35)36)28(37)27(22(32)13-9-6-5-7-10-14-25(33)34)29-39-23-17-16-21(30(2,3)4)19-24(23)40-29/h16-17,19H,5-15,18H2,1-4H3,(H,33,34)(H,35,36)/b29-27+. The van der Waals surface area contributed by atoms with Crippen molar-refractivity contribution in [1.29, 1.82) is 0 Å². The first-order valence-electron chi connectivity index (χ1n) is 13.8. The smallest absolute Gasteiger partial charge is 0.303 e. The molecule has 0 aromatic heterocycles. The van der Waals surface area contributed by atoms with E-state index in [-0.39, 0.29) is 36.0 Å². The normalized spacial score (nSPS) is 14.0. The number of carbonyl (C=O) groups is 4. The molecule has 1 aliphatic rings. The van der Waals surface area contributed by atoms with Crippen molar-refractivity contribution in [2.45, 2.75) is 114 Å². The van der Waals surface area contributed by atoms with E-state index in [1.807, 2.05) is 0 Å². The van der Waals surface area contributed by atoms with Crippen LogP contribution in [-0.2, 0) is 24.6 Å². The van der Waals surface area contributed by atoms with Gasteiger partial charge in [0.25, 0.3) is 5.91 Å². The first kappa shape index (κ1) is 34.0. The Balaban J connectivity index is 2.22. The summed E-state index contributed by atoms with van der Waals surface area (Å²) < 4.78 is 0.671. The predicted molar refractivity (Wildman–Crippen MR) is 165 cm³/mol. The minimum Gasteiger partial charge on any atom is -0.481 e. The average Bonchev–Trinajstić information content (AvgIpc) is 3.27. The molecule has 1 aliphatic heterocycles. The number of carbonyl (C=O) groups excluding carboxylic acids is 2. The molecule has 0 aliphatic carbocycles. The third-order valence-electron chi connectivity index (χ3n) is 6.60. The van der Waals surface area contributed by atoms with Gasteiger partial charge in [-0.1, -0.05) is 88.3 Å². The van der Waals surface area contributed by atoms with E-state index >= 15 is 0 Å². The number of carboxylic acid groups (broad SMARTS) is 2. The maximum absolute atomic E-state index is 13.9. The molecular weight excluding hydrogens is 567 g/mol. The number of rotatable bonds is 16. The summed E-state index contributed by atoms with van der Waals surface area (Å²) in [5, 5.41) is 17.7. The Hall–Kier alpha value is -2.17. The first-order chi connectivity index (χ1) is 18.8. The number of nitrogens with zero attached hydrogens (tertiary/aromatic N) is 1. The fraction of sp³-hybridized carbons (Fsp3) is 0.567. The highest BCUT2D eigenvalue weighted by molar-refractivity contribution is 8.24. The molecule has 0 radical (unpaired) electrons. The lowest BCUT2D eigenvalue weighted by molar-refractivity contribution is -0.138. The van der Waals surface area contributed by atoms with Gasteiger partial charge >= 0.3 is 11.9 Å². The molecule has 220 valence electrons. The number of hydrogen-bond donors (Lipinski definition) is 2. The average molecular weight is 608 g/mol. The van der Waals surface area contributed by atoms with Gasteiger partial charge in [-0.25, -0.2) is 0 Å². The fourth-order valence-corrected chi connectivity index (χ4v) is 7.04. The van der Waals surface area contributed by atoms with E-state index in [1.54, 1.807) is 6.92 Å². The molecule has 0 bridgehead atoms. The molecule has 0 atom stereocenters. The van der Waals surface area contributed by atoms with E-state index in [9.17, 15) is 19.2 Å². The third-order valence-corrected chi connectivity index (χ3v) is 9.37. The van der Waals surface area contributed by atoms with Crippen molar-refractivity contribution in [3.8, 4) is 0 Å². The van der Waals surface area contributed by atoms with Gasteiger partial charge in [0.1, 0.15) is 5.57 Å². The summed E-state index contributed by atoms with van der Waals surface area (Å²) in [6.07, 6.45) is 5.89. The highest BCUT2D eigenvalue weighted by Gasteiger charge is 2.32. The van der Waals surface area contributed by atoms with Gasteiger partial charge in [0.05, 0.1) is 9.23 Å². The van der Waals surface area contributed by atoms with Crippen molar-refractivity contribution in [3.63, 3.8) is 0 Å². The molecule has 1 aromatic rings. The Labute approximate surface area is 251 Å². The number of aliphatic carboxylic acids is 2. The molecule has 10 heteroatoms. The van der Waals surface area contributed by atoms with E-state index in [1.165, 1.54) is 34.0 Å². The summed E-state index contributed by atoms with van der Waals surface area (Å²) in [4.78, 5) is 52.9. The lowest BCUT2D eigenvalue weighted by atomic mass is 9.87. The Morgan fingerprint density at radius 1 is 0.800 bits per heavy atom. The number of benzene rings is 1. The van der Waals surface area contributed by atoms with E-state index in [2.05, 4.69) is 39.0 Å². The van der Waals surface area contributed by atoms with Crippen molar-refractivity contribution in [2.75, 3.05) is 6.54 Å². The Bertz CT molecular complexity index is 1140. The summed E-state index contributed by atoms with van der Waals surface area (Å²) in [5.74, 6) is -2.24. The summed E-state index contributed by atoms with van der Waals surface area (Å²) in [7, 11) is 0. The molecule has 0 saturated heterocycles. The molecule has 1 aromatic carbocycles. The van der Waals surface area contributed by atoms with E-state index in [0.29, 0.717) is 47.9 Å². The molecule has 1 heterocycles. The number of fused-ring (bicyclic) bond motifs is 1. The second kappa shape index (κ2) is 16.3. The van der Waals surface area contributed by atoms with Gasteiger partial charge in [-0.3, -0.25) is 19.2 Å². The molecule has 0 spiro atoms. The van der Waals surface area contributed by atoms with Gasteiger partial charge in [0.15, 0.2) is 5.78 Å². The minimum absolute atomic E-state index is 0.0303. The Kier molecular flexibility index (Phi) is 13.9. The second-order valence-electron chi connectivity index (χ2n) is 11.0.